The monoisotopic (exact) mass is 396 g/mol. The first-order chi connectivity index (χ1) is 14.1. The molecule has 29 heavy (non-hydrogen) atoms. The summed E-state index contributed by atoms with van der Waals surface area (Å²) < 4.78 is 0. The number of hydrogen-bond acceptors (Lipinski definition) is 5. The Morgan fingerprint density at radius 1 is 1.10 bits per heavy atom. The SMILES string of the molecule is CN1CCN([C@H]2CCN(Cc3ccc4ccccc4n3)C[C@H]2CCC(=O)O)CC1. The summed E-state index contributed by atoms with van der Waals surface area (Å²) in [5, 5.41) is 10.4. The highest BCUT2D eigenvalue weighted by Crippen LogP contribution is 2.28. The van der Waals surface area contributed by atoms with Gasteiger partial charge in [0.1, 0.15) is 0 Å². The van der Waals surface area contributed by atoms with E-state index in [2.05, 4.69) is 46.0 Å². The minimum absolute atomic E-state index is 0.261. The number of para-hydroxylation sites is 1. The second-order valence-corrected chi connectivity index (χ2v) is 8.62. The van der Waals surface area contributed by atoms with Crippen LogP contribution in [0.15, 0.2) is 36.4 Å². The molecule has 2 aliphatic rings. The van der Waals surface area contributed by atoms with Gasteiger partial charge >= 0.3 is 5.97 Å². The van der Waals surface area contributed by atoms with Gasteiger partial charge in [0.25, 0.3) is 0 Å². The van der Waals surface area contributed by atoms with Crippen LogP contribution in [0.4, 0.5) is 0 Å². The highest BCUT2D eigenvalue weighted by molar-refractivity contribution is 5.78. The van der Waals surface area contributed by atoms with Crippen molar-refractivity contribution in [3.63, 3.8) is 0 Å². The molecule has 3 heterocycles. The maximum absolute atomic E-state index is 11.2. The first-order valence-electron chi connectivity index (χ1n) is 10.8. The molecule has 0 unspecified atom stereocenters. The highest BCUT2D eigenvalue weighted by atomic mass is 16.4. The van der Waals surface area contributed by atoms with Crippen molar-refractivity contribution in [1.82, 2.24) is 19.7 Å². The average molecular weight is 397 g/mol. The van der Waals surface area contributed by atoms with Crippen molar-refractivity contribution in [1.29, 1.82) is 0 Å². The molecular weight excluding hydrogens is 364 g/mol. The fourth-order valence-corrected chi connectivity index (χ4v) is 4.89. The zero-order valence-electron chi connectivity index (χ0n) is 17.3. The lowest BCUT2D eigenvalue weighted by Crippen LogP contribution is -2.56. The third kappa shape index (κ3) is 5.13. The van der Waals surface area contributed by atoms with Gasteiger partial charge in [-0.1, -0.05) is 24.3 Å². The van der Waals surface area contributed by atoms with E-state index >= 15 is 0 Å². The van der Waals surface area contributed by atoms with Crippen LogP contribution < -0.4 is 0 Å². The van der Waals surface area contributed by atoms with Gasteiger partial charge in [0, 0.05) is 63.7 Å². The number of rotatable bonds is 6. The van der Waals surface area contributed by atoms with Crippen molar-refractivity contribution in [2.75, 3.05) is 46.3 Å². The van der Waals surface area contributed by atoms with Crippen LogP contribution in [0.1, 0.15) is 25.0 Å². The number of carboxylic acid groups (broad SMARTS) is 1. The normalized spacial score (nSPS) is 24.7. The van der Waals surface area contributed by atoms with Gasteiger partial charge in [0.15, 0.2) is 0 Å². The van der Waals surface area contributed by atoms with Crippen molar-refractivity contribution in [3.05, 3.63) is 42.1 Å². The Labute approximate surface area is 173 Å². The number of likely N-dealkylation sites (N-methyl/N-ethyl adjacent to an activating group) is 1. The molecule has 2 saturated heterocycles. The Kier molecular flexibility index (Phi) is 6.43. The molecule has 6 nitrogen and oxygen atoms in total. The highest BCUT2D eigenvalue weighted by Gasteiger charge is 2.34. The fraction of sp³-hybridized carbons (Fsp3) is 0.565. The second kappa shape index (κ2) is 9.20. The van der Waals surface area contributed by atoms with Crippen molar-refractivity contribution < 1.29 is 9.90 Å². The van der Waals surface area contributed by atoms with Gasteiger partial charge in [-0.3, -0.25) is 19.6 Å². The molecule has 156 valence electrons. The van der Waals surface area contributed by atoms with Crippen LogP contribution >= 0.6 is 0 Å². The molecule has 2 atom stereocenters. The number of hydrogen-bond donors (Lipinski definition) is 1. The molecule has 2 fully saturated rings. The number of nitrogens with zero attached hydrogens (tertiary/aromatic N) is 4. The molecule has 0 spiro atoms. The van der Waals surface area contributed by atoms with Crippen molar-refractivity contribution in [3.8, 4) is 0 Å². The molecule has 1 aromatic heterocycles. The molecule has 6 heteroatoms. The Morgan fingerprint density at radius 3 is 2.69 bits per heavy atom. The average Bonchev–Trinajstić information content (AvgIpc) is 2.73. The summed E-state index contributed by atoms with van der Waals surface area (Å²) in [7, 11) is 2.18. The summed E-state index contributed by atoms with van der Waals surface area (Å²) in [6.07, 6.45) is 2.13. The lowest BCUT2D eigenvalue weighted by molar-refractivity contribution is -0.137. The summed E-state index contributed by atoms with van der Waals surface area (Å²) in [5.74, 6) is -0.279. The molecule has 0 radical (unpaired) electrons. The molecule has 2 aromatic rings. The molecule has 0 bridgehead atoms. The van der Waals surface area contributed by atoms with E-state index in [4.69, 9.17) is 4.98 Å². The van der Waals surface area contributed by atoms with E-state index in [1.54, 1.807) is 0 Å². The Hall–Kier alpha value is -2.02. The quantitative estimate of drug-likeness (QED) is 0.810. The van der Waals surface area contributed by atoms with Crippen LogP contribution in [0.5, 0.6) is 0 Å². The molecule has 0 amide bonds. The minimum atomic E-state index is -0.685. The van der Waals surface area contributed by atoms with Gasteiger partial charge in [-0.05, 0) is 37.9 Å². The van der Waals surface area contributed by atoms with Crippen LogP contribution in [0.25, 0.3) is 10.9 Å². The minimum Gasteiger partial charge on any atom is -0.481 e. The Bertz CT molecular complexity index is 834. The summed E-state index contributed by atoms with van der Waals surface area (Å²) >= 11 is 0. The van der Waals surface area contributed by atoms with E-state index in [9.17, 15) is 9.90 Å². The zero-order valence-corrected chi connectivity index (χ0v) is 17.3. The van der Waals surface area contributed by atoms with Crippen LogP contribution in [0.3, 0.4) is 0 Å². The topological polar surface area (TPSA) is 59.9 Å². The standard InChI is InChI=1S/C23H32N4O2/c1-25-12-14-27(15-13-25)22-10-11-26(16-19(22)7-9-23(28)29)17-20-8-6-18-4-2-3-5-21(18)24-20/h2-6,8,19,22H,7,9-17H2,1H3,(H,28,29)/t19-,22+/m1/s1. The van der Waals surface area contributed by atoms with E-state index < -0.39 is 5.97 Å². The summed E-state index contributed by atoms with van der Waals surface area (Å²) in [6.45, 7) is 7.24. The van der Waals surface area contributed by atoms with E-state index in [-0.39, 0.29) is 6.42 Å². The number of benzene rings is 1. The molecular formula is C23H32N4O2. The predicted molar refractivity (Wildman–Crippen MR) is 115 cm³/mol. The molecule has 0 saturated carbocycles. The van der Waals surface area contributed by atoms with E-state index in [0.29, 0.717) is 12.0 Å². The number of piperazine rings is 1. The first kappa shape index (κ1) is 20.3. The van der Waals surface area contributed by atoms with Crippen LogP contribution in [-0.4, -0.2) is 83.1 Å². The fourth-order valence-electron chi connectivity index (χ4n) is 4.89. The van der Waals surface area contributed by atoms with E-state index in [1.807, 2.05) is 12.1 Å². The van der Waals surface area contributed by atoms with Gasteiger partial charge < -0.3 is 10.0 Å². The summed E-state index contributed by atoms with van der Waals surface area (Å²) in [5.41, 5.74) is 2.14. The Balaban J connectivity index is 1.43. The first-order valence-corrected chi connectivity index (χ1v) is 10.8. The molecule has 1 aromatic carbocycles. The lowest BCUT2D eigenvalue weighted by atomic mass is 9.86. The van der Waals surface area contributed by atoms with Gasteiger partial charge in [-0.25, -0.2) is 0 Å². The van der Waals surface area contributed by atoms with Gasteiger partial charge in [-0.2, -0.15) is 0 Å². The number of likely N-dealkylation sites (tertiary alicyclic amines) is 1. The number of piperidine rings is 1. The maximum Gasteiger partial charge on any atom is 0.303 e. The largest absolute Gasteiger partial charge is 0.481 e. The molecule has 1 N–H and O–H groups in total. The number of carbonyl (C=O) groups is 1. The Morgan fingerprint density at radius 2 is 1.90 bits per heavy atom. The van der Waals surface area contributed by atoms with Gasteiger partial charge in [0.2, 0.25) is 0 Å². The summed E-state index contributed by atoms with van der Waals surface area (Å²) in [6, 6.07) is 13.0. The lowest BCUT2D eigenvalue weighted by Gasteiger charge is -2.46. The van der Waals surface area contributed by atoms with E-state index in [0.717, 1.165) is 69.9 Å². The number of aliphatic carboxylic acids is 1. The predicted octanol–water partition coefficient (Wildman–Crippen LogP) is 2.54. The number of pyridine rings is 1. The van der Waals surface area contributed by atoms with Crippen LogP contribution in [0, 0.1) is 5.92 Å². The van der Waals surface area contributed by atoms with Crippen molar-refractivity contribution >= 4 is 16.9 Å². The maximum atomic E-state index is 11.2. The van der Waals surface area contributed by atoms with Crippen molar-refractivity contribution in [2.45, 2.75) is 31.8 Å². The molecule has 2 aliphatic heterocycles. The van der Waals surface area contributed by atoms with Gasteiger partial charge in [0.05, 0.1) is 11.2 Å². The number of fused-ring (bicyclic) bond motifs is 1. The smallest absolute Gasteiger partial charge is 0.303 e. The number of carboxylic acids is 1. The van der Waals surface area contributed by atoms with Crippen LogP contribution in [-0.2, 0) is 11.3 Å². The molecule has 4 rings (SSSR count). The number of aromatic nitrogens is 1. The van der Waals surface area contributed by atoms with Gasteiger partial charge in [-0.15, -0.1) is 0 Å². The van der Waals surface area contributed by atoms with Crippen molar-refractivity contribution in [2.24, 2.45) is 5.92 Å². The third-order valence-electron chi connectivity index (χ3n) is 6.56. The zero-order chi connectivity index (χ0) is 20.2. The van der Waals surface area contributed by atoms with Crippen LogP contribution in [0.2, 0.25) is 0 Å². The molecule has 0 aliphatic carbocycles. The summed E-state index contributed by atoms with van der Waals surface area (Å²) in [4.78, 5) is 23.5. The second-order valence-electron chi connectivity index (χ2n) is 8.62. The van der Waals surface area contributed by atoms with E-state index in [1.165, 1.54) is 5.39 Å². The third-order valence-corrected chi connectivity index (χ3v) is 6.56.